The molecule has 0 radical (unpaired) electrons. The Bertz CT molecular complexity index is 1010. The molecule has 6 heteroatoms. The predicted octanol–water partition coefficient (Wildman–Crippen LogP) is 3.84. The first-order chi connectivity index (χ1) is 14.0. The molecule has 1 aromatic heterocycles. The molecule has 0 bridgehead atoms. The summed E-state index contributed by atoms with van der Waals surface area (Å²) in [7, 11) is 1.36. The van der Waals surface area contributed by atoms with E-state index in [2.05, 4.69) is 16.1 Å². The fourth-order valence-electron chi connectivity index (χ4n) is 3.16. The van der Waals surface area contributed by atoms with Crippen molar-refractivity contribution in [2.24, 2.45) is 0 Å². The maximum absolute atomic E-state index is 12.9. The quantitative estimate of drug-likeness (QED) is 0.491. The third kappa shape index (κ3) is 4.90. The van der Waals surface area contributed by atoms with E-state index >= 15 is 0 Å². The number of aromatic nitrogens is 2. The molecule has 1 amide bonds. The van der Waals surface area contributed by atoms with Crippen molar-refractivity contribution in [2.45, 2.75) is 26.7 Å². The number of ether oxygens (including phenoxy) is 1. The minimum atomic E-state index is -0.285. The number of carbonyl (C=O) groups is 2. The summed E-state index contributed by atoms with van der Waals surface area (Å²) in [6, 6.07) is 15.8. The van der Waals surface area contributed by atoms with Crippen LogP contribution >= 0.6 is 0 Å². The SMILES string of the molecule is COC(=O)CCCNC(=O)c1cn(-c2ccccc2)nc1-c1ccc(C)cc1C. The Kier molecular flexibility index (Phi) is 6.44. The Morgan fingerprint density at radius 2 is 1.86 bits per heavy atom. The molecule has 3 rings (SSSR count). The van der Waals surface area contributed by atoms with Crippen molar-refractivity contribution in [3.05, 3.63) is 71.4 Å². The van der Waals surface area contributed by atoms with Crippen molar-refractivity contribution in [2.75, 3.05) is 13.7 Å². The summed E-state index contributed by atoms with van der Waals surface area (Å²) in [5.74, 6) is -0.501. The Hall–Kier alpha value is -3.41. The van der Waals surface area contributed by atoms with Gasteiger partial charge in [0, 0.05) is 24.7 Å². The normalized spacial score (nSPS) is 10.6. The van der Waals surface area contributed by atoms with Crippen LogP contribution in [0.1, 0.15) is 34.3 Å². The van der Waals surface area contributed by atoms with Crippen molar-refractivity contribution in [3.63, 3.8) is 0 Å². The number of hydrogen-bond donors (Lipinski definition) is 1. The topological polar surface area (TPSA) is 73.2 Å². The first-order valence-corrected chi connectivity index (χ1v) is 9.57. The fourth-order valence-corrected chi connectivity index (χ4v) is 3.16. The summed E-state index contributed by atoms with van der Waals surface area (Å²) in [5, 5.41) is 7.60. The van der Waals surface area contributed by atoms with Crippen molar-refractivity contribution in [1.82, 2.24) is 15.1 Å². The van der Waals surface area contributed by atoms with E-state index in [0.717, 1.165) is 22.4 Å². The lowest BCUT2D eigenvalue weighted by atomic mass is 10.0. The smallest absolute Gasteiger partial charge is 0.305 e. The van der Waals surface area contributed by atoms with Gasteiger partial charge in [0.05, 0.1) is 18.4 Å². The first kappa shape index (κ1) is 20.3. The summed E-state index contributed by atoms with van der Waals surface area (Å²) in [4.78, 5) is 24.1. The number of esters is 1. The van der Waals surface area contributed by atoms with Gasteiger partial charge in [0.25, 0.3) is 5.91 Å². The Labute approximate surface area is 170 Å². The molecule has 29 heavy (non-hydrogen) atoms. The number of hydrogen-bond acceptors (Lipinski definition) is 4. The summed E-state index contributed by atoms with van der Waals surface area (Å²) < 4.78 is 6.35. The molecule has 6 nitrogen and oxygen atoms in total. The van der Waals surface area contributed by atoms with Crippen LogP contribution in [0.5, 0.6) is 0 Å². The van der Waals surface area contributed by atoms with Crippen LogP contribution in [0.25, 0.3) is 16.9 Å². The summed E-state index contributed by atoms with van der Waals surface area (Å²) in [5.41, 5.74) is 5.15. The number of methoxy groups -OCH3 is 1. The van der Waals surface area contributed by atoms with Crippen molar-refractivity contribution >= 4 is 11.9 Å². The molecule has 0 aliphatic rings. The van der Waals surface area contributed by atoms with Crippen LogP contribution in [0.4, 0.5) is 0 Å². The maximum atomic E-state index is 12.9. The number of rotatable bonds is 7. The van der Waals surface area contributed by atoms with Gasteiger partial charge in [-0.25, -0.2) is 4.68 Å². The number of para-hydroxylation sites is 1. The number of nitrogens with zero attached hydrogens (tertiary/aromatic N) is 2. The number of nitrogens with one attached hydrogen (secondary N) is 1. The van der Waals surface area contributed by atoms with Gasteiger partial charge < -0.3 is 10.1 Å². The summed E-state index contributed by atoms with van der Waals surface area (Å²) in [6.07, 6.45) is 2.54. The molecule has 3 aromatic rings. The zero-order valence-electron chi connectivity index (χ0n) is 16.9. The molecule has 0 atom stereocenters. The monoisotopic (exact) mass is 391 g/mol. The standard InChI is InChI=1S/C23H25N3O3/c1-16-11-12-19(17(2)14-16)22-20(23(28)24-13-7-10-21(27)29-3)15-26(25-22)18-8-5-4-6-9-18/h4-6,8-9,11-12,14-15H,7,10,13H2,1-3H3,(H,24,28). The van der Waals surface area contributed by atoms with Gasteiger partial charge in [-0.2, -0.15) is 5.10 Å². The highest BCUT2D eigenvalue weighted by Gasteiger charge is 2.19. The van der Waals surface area contributed by atoms with Gasteiger partial charge >= 0.3 is 5.97 Å². The van der Waals surface area contributed by atoms with E-state index in [4.69, 9.17) is 5.10 Å². The van der Waals surface area contributed by atoms with E-state index in [-0.39, 0.29) is 18.3 Å². The van der Waals surface area contributed by atoms with Gasteiger partial charge in [-0.1, -0.05) is 42.0 Å². The van der Waals surface area contributed by atoms with E-state index in [1.165, 1.54) is 7.11 Å². The highest BCUT2D eigenvalue weighted by Crippen LogP contribution is 2.27. The molecular formula is C23H25N3O3. The molecule has 1 heterocycles. The molecule has 0 saturated carbocycles. The maximum Gasteiger partial charge on any atom is 0.305 e. The van der Waals surface area contributed by atoms with Gasteiger partial charge in [0.15, 0.2) is 0 Å². The van der Waals surface area contributed by atoms with Crippen LogP contribution in [0.2, 0.25) is 0 Å². The molecule has 2 aromatic carbocycles. The van der Waals surface area contributed by atoms with Crippen LogP contribution in [0.3, 0.4) is 0 Å². The molecular weight excluding hydrogens is 366 g/mol. The van der Waals surface area contributed by atoms with Gasteiger partial charge in [0.1, 0.15) is 5.69 Å². The second-order valence-electron chi connectivity index (χ2n) is 6.93. The van der Waals surface area contributed by atoms with Crippen LogP contribution in [0, 0.1) is 13.8 Å². The Morgan fingerprint density at radius 1 is 1.10 bits per heavy atom. The fraction of sp³-hybridized carbons (Fsp3) is 0.261. The first-order valence-electron chi connectivity index (χ1n) is 9.57. The predicted molar refractivity (Wildman–Crippen MR) is 112 cm³/mol. The average molecular weight is 391 g/mol. The van der Waals surface area contributed by atoms with Gasteiger partial charge in [0.2, 0.25) is 0 Å². The van der Waals surface area contributed by atoms with Crippen LogP contribution < -0.4 is 5.32 Å². The summed E-state index contributed by atoms with van der Waals surface area (Å²) in [6.45, 7) is 4.44. The van der Waals surface area contributed by atoms with E-state index in [1.54, 1.807) is 10.9 Å². The van der Waals surface area contributed by atoms with Gasteiger partial charge in [-0.05, 0) is 38.0 Å². The molecule has 0 spiro atoms. The minimum Gasteiger partial charge on any atom is -0.469 e. The van der Waals surface area contributed by atoms with Crippen LogP contribution in [-0.4, -0.2) is 35.3 Å². The third-order valence-electron chi connectivity index (χ3n) is 4.69. The van der Waals surface area contributed by atoms with Crippen LogP contribution in [-0.2, 0) is 9.53 Å². The molecule has 1 N–H and O–H groups in total. The minimum absolute atomic E-state index is 0.216. The van der Waals surface area contributed by atoms with Crippen molar-refractivity contribution < 1.29 is 14.3 Å². The van der Waals surface area contributed by atoms with Crippen LogP contribution in [0.15, 0.2) is 54.7 Å². The van der Waals surface area contributed by atoms with Gasteiger partial charge in [-0.3, -0.25) is 9.59 Å². The van der Waals surface area contributed by atoms with Crippen molar-refractivity contribution in [1.29, 1.82) is 0 Å². The summed E-state index contributed by atoms with van der Waals surface area (Å²) >= 11 is 0. The van der Waals surface area contributed by atoms with E-state index in [1.807, 2.05) is 56.3 Å². The molecule has 0 unspecified atom stereocenters. The Morgan fingerprint density at radius 3 is 2.55 bits per heavy atom. The number of aryl methyl sites for hydroxylation is 2. The third-order valence-corrected chi connectivity index (χ3v) is 4.69. The van der Waals surface area contributed by atoms with Gasteiger partial charge in [-0.15, -0.1) is 0 Å². The Balaban J connectivity index is 1.90. The molecule has 0 aliphatic carbocycles. The number of benzene rings is 2. The van der Waals surface area contributed by atoms with E-state index in [9.17, 15) is 9.59 Å². The zero-order valence-corrected chi connectivity index (χ0v) is 16.9. The highest BCUT2D eigenvalue weighted by atomic mass is 16.5. The lowest BCUT2D eigenvalue weighted by molar-refractivity contribution is -0.140. The largest absolute Gasteiger partial charge is 0.469 e. The second-order valence-corrected chi connectivity index (χ2v) is 6.93. The van der Waals surface area contributed by atoms with Crippen molar-refractivity contribution in [3.8, 4) is 16.9 Å². The number of amides is 1. The molecule has 0 saturated heterocycles. The lowest BCUT2D eigenvalue weighted by Gasteiger charge is -2.08. The second kappa shape index (κ2) is 9.19. The molecule has 150 valence electrons. The lowest BCUT2D eigenvalue weighted by Crippen LogP contribution is -2.25. The van der Waals surface area contributed by atoms with E-state index < -0.39 is 0 Å². The molecule has 0 fully saturated rings. The van der Waals surface area contributed by atoms with E-state index in [0.29, 0.717) is 24.2 Å². The highest BCUT2D eigenvalue weighted by molar-refractivity contribution is 6.00. The zero-order chi connectivity index (χ0) is 20.8. The average Bonchev–Trinajstić information content (AvgIpc) is 3.16. The number of carbonyl (C=O) groups excluding carboxylic acids is 2. The molecule has 0 aliphatic heterocycles.